The van der Waals surface area contributed by atoms with Crippen LogP contribution in [0.25, 0.3) is 0 Å². The van der Waals surface area contributed by atoms with Crippen LogP contribution in [0.1, 0.15) is 61.4 Å². The van der Waals surface area contributed by atoms with Crippen LogP contribution < -0.4 is 15.4 Å². The molecule has 1 aliphatic heterocycles. The molecule has 4 atom stereocenters. The summed E-state index contributed by atoms with van der Waals surface area (Å²) in [4.78, 5) is 39.4. The number of Topliss-reactive ketones (excluding diaryl/α,β-unsaturated/α-hetero) is 2. The maximum absolute atomic E-state index is 13.3. The van der Waals surface area contributed by atoms with Crippen LogP contribution in [0, 0.1) is 5.92 Å². The van der Waals surface area contributed by atoms with Crippen molar-refractivity contribution in [2.75, 3.05) is 5.32 Å². The number of halogens is 3. The van der Waals surface area contributed by atoms with Crippen LogP contribution in [0.4, 0.5) is 18.9 Å². The fraction of sp³-hybridized carbons (Fsp3) is 0.444. The standard InChI is InChI=1S/C27H29F3N2O5/c1-15(2)32-26(25(35)36,23-18-6-3-4-8-20(18)31-21-9-5-7-19(21)23)14-22(33)24(34)16-10-12-17(13-11-16)37-27(28,29)30/h3-4,6,8,10-13,15,19,21,23,31-32H,5,7,9,14H2,1-2H3,(H,35,36)/t19-,21+,23?,26?/m0/s1. The zero-order chi connectivity index (χ0) is 27.0. The number of benzene rings is 2. The Labute approximate surface area is 212 Å². The first-order chi connectivity index (χ1) is 17.4. The van der Waals surface area contributed by atoms with Gasteiger partial charge in [0.1, 0.15) is 11.3 Å². The molecule has 2 aromatic carbocycles. The molecule has 2 unspecified atom stereocenters. The molecule has 37 heavy (non-hydrogen) atoms. The average Bonchev–Trinajstić information content (AvgIpc) is 3.28. The van der Waals surface area contributed by atoms with Crippen LogP contribution in [0.5, 0.6) is 5.75 Å². The minimum Gasteiger partial charge on any atom is -0.480 e. The molecule has 0 amide bonds. The summed E-state index contributed by atoms with van der Waals surface area (Å²) in [7, 11) is 0. The number of rotatable bonds is 9. The lowest BCUT2D eigenvalue weighted by atomic mass is 9.65. The third-order valence-electron chi connectivity index (χ3n) is 7.14. The molecule has 1 saturated carbocycles. The van der Waals surface area contributed by atoms with E-state index < -0.39 is 47.5 Å². The number of fused-ring (bicyclic) bond motifs is 2. The van der Waals surface area contributed by atoms with Gasteiger partial charge in [0.2, 0.25) is 11.6 Å². The number of nitrogens with one attached hydrogen (secondary N) is 2. The molecule has 0 bridgehead atoms. The van der Waals surface area contributed by atoms with E-state index in [0.717, 1.165) is 54.8 Å². The number of carboxylic acids is 1. The topological polar surface area (TPSA) is 105 Å². The Bertz CT molecular complexity index is 1180. The van der Waals surface area contributed by atoms with Gasteiger partial charge in [0.15, 0.2) is 0 Å². The van der Waals surface area contributed by atoms with Gasteiger partial charge in [-0.25, -0.2) is 0 Å². The Hall–Kier alpha value is -3.40. The average molecular weight is 519 g/mol. The lowest BCUT2D eigenvalue weighted by molar-refractivity contribution is -0.274. The first-order valence-corrected chi connectivity index (χ1v) is 12.2. The van der Waals surface area contributed by atoms with E-state index in [4.69, 9.17) is 0 Å². The highest BCUT2D eigenvalue weighted by Gasteiger charge is 2.56. The smallest absolute Gasteiger partial charge is 0.480 e. The number of anilines is 1. The largest absolute Gasteiger partial charge is 0.573 e. The highest BCUT2D eigenvalue weighted by Crippen LogP contribution is 2.51. The monoisotopic (exact) mass is 518 g/mol. The van der Waals surface area contributed by atoms with Crippen LogP contribution in [0.2, 0.25) is 0 Å². The molecular weight excluding hydrogens is 489 g/mol. The van der Waals surface area contributed by atoms with E-state index in [1.165, 1.54) is 0 Å². The molecule has 1 fully saturated rings. The number of carbonyl (C=O) groups is 3. The molecular formula is C27H29F3N2O5. The maximum Gasteiger partial charge on any atom is 0.573 e. The fourth-order valence-electron chi connectivity index (χ4n) is 5.87. The van der Waals surface area contributed by atoms with E-state index in [1.54, 1.807) is 13.8 Å². The van der Waals surface area contributed by atoms with Crippen molar-refractivity contribution in [3.05, 3.63) is 59.7 Å². The molecule has 2 aromatic rings. The summed E-state index contributed by atoms with van der Waals surface area (Å²) < 4.78 is 41.2. The summed E-state index contributed by atoms with van der Waals surface area (Å²) in [6, 6.07) is 11.1. The van der Waals surface area contributed by atoms with Crippen molar-refractivity contribution in [3.63, 3.8) is 0 Å². The van der Waals surface area contributed by atoms with Gasteiger partial charge in [-0.3, -0.25) is 19.7 Å². The van der Waals surface area contributed by atoms with E-state index in [9.17, 15) is 32.7 Å². The highest BCUT2D eigenvalue weighted by molar-refractivity contribution is 6.44. The summed E-state index contributed by atoms with van der Waals surface area (Å²) in [5.41, 5.74) is -0.333. The minimum atomic E-state index is -4.89. The first kappa shape index (κ1) is 26.7. The minimum absolute atomic E-state index is 0.0413. The number of alkyl halides is 3. The summed E-state index contributed by atoms with van der Waals surface area (Å²) in [6.07, 6.45) is -2.96. The molecule has 4 rings (SSSR count). The number of aliphatic carboxylic acids is 1. The van der Waals surface area contributed by atoms with Crippen LogP contribution >= 0.6 is 0 Å². The molecule has 3 N–H and O–H groups in total. The van der Waals surface area contributed by atoms with Crippen LogP contribution in [-0.4, -0.2) is 46.6 Å². The summed E-state index contributed by atoms with van der Waals surface area (Å²) in [5.74, 6) is -4.33. The van der Waals surface area contributed by atoms with Crippen molar-refractivity contribution in [2.24, 2.45) is 5.92 Å². The van der Waals surface area contributed by atoms with E-state index >= 15 is 0 Å². The predicted octanol–water partition coefficient (Wildman–Crippen LogP) is 4.93. The Balaban J connectivity index is 1.70. The molecule has 0 aromatic heterocycles. The lowest BCUT2D eigenvalue weighted by Gasteiger charge is -2.47. The second-order valence-electron chi connectivity index (χ2n) is 9.99. The quantitative estimate of drug-likeness (QED) is 0.320. The van der Waals surface area contributed by atoms with Gasteiger partial charge in [0.05, 0.1) is 0 Å². The Morgan fingerprint density at radius 1 is 1.08 bits per heavy atom. The van der Waals surface area contributed by atoms with Crippen molar-refractivity contribution < 1.29 is 37.4 Å². The Morgan fingerprint density at radius 3 is 2.38 bits per heavy atom. The van der Waals surface area contributed by atoms with Crippen molar-refractivity contribution in [1.82, 2.24) is 5.32 Å². The molecule has 1 aliphatic carbocycles. The normalized spacial score (nSPS) is 22.4. The maximum atomic E-state index is 13.3. The highest BCUT2D eigenvalue weighted by atomic mass is 19.4. The molecule has 10 heteroatoms. The van der Waals surface area contributed by atoms with Crippen molar-refractivity contribution >= 4 is 23.2 Å². The second kappa shape index (κ2) is 10.2. The van der Waals surface area contributed by atoms with Gasteiger partial charge in [0, 0.05) is 35.7 Å². The number of hydrogen-bond acceptors (Lipinski definition) is 6. The number of hydrogen-bond donors (Lipinski definition) is 3. The second-order valence-corrected chi connectivity index (χ2v) is 9.99. The van der Waals surface area contributed by atoms with Crippen molar-refractivity contribution in [1.29, 1.82) is 0 Å². The fourth-order valence-corrected chi connectivity index (χ4v) is 5.87. The van der Waals surface area contributed by atoms with Gasteiger partial charge < -0.3 is 15.2 Å². The van der Waals surface area contributed by atoms with Crippen LogP contribution in [0.3, 0.4) is 0 Å². The van der Waals surface area contributed by atoms with Crippen LogP contribution in [-0.2, 0) is 9.59 Å². The van der Waals surface area contributed by atoms with E-state index in [2.05, 4.69) is 15.4 Å². The third kappa shape index (κ3) is 5.49. The van der Waals surface area contributed by atoms with Gasteiger partial charge in [-0.05, 0) is 68.5 Å². The lowest BCUT2D eigenvalue weighted by Crippen LogP contribution is -2.63. The van der Waals surface area contributed by atoms with Crippen molar-refractivity contribution in [3.8, 4) is 5.75 Å². The molecule has 0 radical (unpaired) electrons. The Kier molecular flexibility index (Phi) is 7.32. The van der Waals surface area contributed by atoms with E-state index in [0.29, 0.717) is 0 Å². The third-order valence-corrected chi connectivity index (χ3v) is 7.14. The SMILES string of the molecule is CC(C)NC(CC(=O)C(=O)c1ccc(OC(F)(F)F)cc1)(C(=O)O)C1c2ccccc2N[C@@H]2CCC[C@H]12. The van der Waals surface area contributed by atoms with Gasteiger partial charge in [0.25, 0.3) is 0 Å². The number of ether oxygens (including phenoxy) is 1. The zero-order valence-electron chi connectivity index (χ0n) is 20.5. The molecule has 1 heterocycles. The van der Waals surface area contributed by atoms with E-state index in [1.807, 2.05) is 24.3 Å². The molecule has 0 spiro atoms. The number of para-hydroxylation sites is 1. The molecule has 198 valence electrons. The summed E-state index contributed by atoms with van der Waals surface area (Å²) in [6.45, 7) is 3.56. The van der Waals surface area contributed by atoms with Crippen LogP contribution in [0.15, 0.2) is 48.5 Å². The first-order valence-electron chi connectivity index (χ1n) is 12.2. The summed E-state index contributed by atoms with van der Waals surface area (Å²) in [5, 5.41) is 17.3. The molecule has 2 aliphatic rings. The van der Waals surface area contributed by atoms with Gasteiger partial charge >= 0.3 is 12.3 Å². The number of carbonyl (C=O) groups excluding carboxylic acids is 2. The van der Waals surface area contributed by atoms with Gasteiger partial charge in [-0.15, -0.1) is 13.2 Å². The number of carboxylic acid groups (broad SMARTS) is 1. The predicted molar refractivity (Wildman–Crippen MR) is 130 cm³/mol. The van der Waals surface area contributed by atoms with E-state index in [-0.39, 0.29) is 23.6 Å². The molecule has 7 nitrogen and oxygen atoms in total. The summed E-state index contributed by atoms with van der Waals surface area (Å²) >= 11 is 0. The zero-order valence-corrected chi connectivity index (χ0v) is 20.5. The number of ketones is 2. The Morgan fingerprint density at radius 2 is 1.76 bits per heavy atom. The van der Waals surface area contributed by atoms with Crippen molar-refractivity contribution in [2.45, 2.75) is 69.4 Å². The van der Waals surface area contributed by atoms with Gasteiger partial charge in [-0.2, -0.15) is 0 Å². The molecule has 0 saturated heterocycles. The van der Waals surface area contributed by atoms with Gasteiger partial charge in [-0.1, -0.05) is 24.6 Å².